The lowest BCUT2D eigenvalue weighted by molar-refractivity contribution is -0.121. The smallest absolute Gasteiger partial charge is 0.219 e. The maximum Gasteiger partial charge on any atom is 0.219 e. The van der Waals surface area contributed by atoms with Crippen LogP contribution in [0.25, 0.3) is 0 Å². The molecule has 0 radical (unpaired) electrons. The molecule has 2 heterocycles. The van der Waals surface area contributed by atoms with Crippen LogP contribution in [0.2, 0.25) is 0 Å². The van der Waals surface area contributed by atoms with Gasteiger partial charge in [-0.3, -0.25) is 9.69 Å². The van der Waals surface area contributed by atoms with Crippen LogP contribution in [-0.4, -0.2) is 57.2 Å². The van der Waals surface area contributed by atoms with Gasteiger partial charge in [-0.05, 0) is 30.0 Å². The average molecular weight is 331 g/mol. The van der Waals surface area contributed by atoms with E-state index in [0.717, 1.165) is 39.3 Å². The number of anilines is 1. The van der Waals surface area contributed by atoms with Crippen molar-refractivity contribution in [2.45, 2.75) is 32.2 Å². The number of ether oxygens (including phenoxy) is 1. The molecule has 1 fully saturated rings. The van der Waals surface area contributed by atoms with Gasteiger partial charge in [-0.15, -0.1) is 0 Å². The fraction of sp³-hybridized carbons (Fsp3) is 0.632. The van der Waals surface area contributed by atoms with Gasteiger partial charge in [0, 0.05) is 45.3 Å². The third-order valence-electron chi connectivity index (χ3n) is 5.14. The first-order chi connectivity index (χ1) is 11.7. The Morgan fingerprint density at radius 2 is 2.08 bits per heavy atom. The van der Waals surface area contributed by atoms with Crippen molar-refractivity contribution in [3.05, 3.63) is 29.3 Å². The Balaban J connectivity index is 1.82. The Morgan fingerprint density at radius 3 is 2.83 bits per heavy atom. The molecule has 0 saturated carbocycles. The fourth-order valence-corrected chi connectivity index (χ4v) is 3.69. The molecule has 24 heavy (non-hydrogen) atoms. The topological polar surface area (TPSA) is 44.8 Å². The molecule has 1 aromatic carbocycles. The van der Waals surface area contributed by atoms with E-state index in [2.05, 4.69) is 40.4 Å². The van der Waals surface area contributed by atoms with Gasteiger partial charge in [0.1, 0.15) is 0 Å². The summed E-state index contributed by atoms with van der Waals surface area (Å²) in [7, 11) is 2.17. The number of amides is 1. The highest BCUT2D eigenvalue weighted by Crippen LogP contribution is 2.30. The van der Waals surface area contributed by atoms with Crippen molar-refractivity contribution in [2.75, 3.05) is 51.3 Å². The van der Waals surface area contributed by atoms with E-state index in [9.17, 15) is 4.79 Å². The van der Waals surface area contributed by atoms with E-state index in [1.165, 1.54) is 23.2 Å². The summed E-state index contributed by atoms with van der Waals surface area (Å²) in [5.41, 5.74) is 4.09. The zero-order valence-corrected chi connectivity index (χ0v) is 14.9. The van der Waals surface area contributed by atoms with Crippen LogP contribution in [0.1, 0.15) is 36.9 Å². The fourth-order valence-electron chi connectivity index (χ4n) is 3.69. The van der Waals surface area contributed by atoms with Crippen molar-refractivity contribution in [1.29, 1.82) is 0 Å². The second-order valence-corrected chi connectivity index (χ2v) is 6.74. The molecule has 5 nitrogen and oxygen atoms in total. The van der Waals surface area contributed by atoms with Crippen LogP contribution < -0.4 is 10.2 Å². The molecule has 1 atom stereocenters. The molecule has 0 spiro atoms. The highest BCUT2D eigenvalue weighted by molar-refractivity contribution is 5.75. The summed E-state index contributed by atoms with van der Waals surface area (Å²) in [6.45, 7) is 7.08. The number of morpholine rings is 1. The molecule has 3 rings (SSSR count). The molecule has 0 bridgehead atoms. The number of hydrogen-bond donors (Lipinski definition) is 1. The molecule has 0 aromatic heterocycles. The minimum absolute atomic E-state index is 0.117. The number of benzene rings is 1. The Bertz CT molecular complexity index is 570. The second kappa shape index (κ2) is 7.99. The Labute approximate surface area is 145 Å². The number of carbonyl (C=O) groups is 1. The van der Waals surface area contributed by atoms with Crippen LogP contribution in [-0.2, 0) is 16.0 Å². The average Bonchev–Trinajstić information content (AvgIpc) is 2.62. The molecule has 0 aliphatic carbocycles. The number of nitrogens with zero attached hydrogens (tertiary/aromatic N) is 2. The molecule has 1 N–H and O–H groups in total. The number of carbonyl (C=O) groups excluding carboxylic acids is 1. The molecule has 2 aliphatic rings. The second-order valence-electron chi connectivity index (χ2n) is 6.74. The van der Waals surface area contributed by atoms with Gasteiger partial charge in [-0.25, -0.2) is 0 Å². The van der Waals surface area contributed by atoms with E-state index in [1.54, 1.807) is 0 Å². The molecule has 1 amide bonds. The third-order valence-corrected chi connectivity index (χ3v) is 5.14. The largest absolute Gasteiger partial charge is 0.379 e. The first-order valence-electron chi connectivity index (χ1n) is 9.11. The summed E-state index contributed by atoms with van der Waals surface area (Å²) in [4.78, 5) is 16.5. The minimum atomic E-state index is 0.117. The number of nitrogens with one attached hydrogen (secondary N) is 1. The molecule has 132 valence electrons. The minimum Gasteiger partial charge on any atom is -0.379 e. The maximum atomic E-state index is 11.7. The van der Waals surface area contributed by atoms with Crippen molar-refractivity contribution in [3.8, 4) is 0 Å². The number of fused-ring (bicyclic) bond motifs is 1. The lowest BCUT2D eigenvalue weighted by atomic mass is 9.95. The van der Waals surface area contributed by atoms with Crippen LogP contribution in [0.5, 0.6) is 0 Å². The Hall–Kier alpha value is -1.59. The van der Waals surface area contributed by atoms with Gasteiger partial charge >= 0.3 is 0 Å². The quantitative estimate of drug-likeness (QED) is 0.896. The van der Waals surface area contributed by atoms with Crippen molar-refractivity contribution >= 4 is 11.6 Å². The lowest BCUT2D eigenvalue weighted by Gasteiger charge is -2.36. The van der Waals surface area contributed by atoms with Crippen molar-refractivity contribution in [2.24, 2.45) is 0 Å². The summed E-state index contributed by atoms with van der Waals surface area (Å²) in [5.74, 6) is 0.117. The van der Waals surface area contributed by atoms with E-state index in [0.29, 0.717) is 13.0 Å². The van der Waals surface area contributed by atoms with Gasteiger partial charge in [0.05, 0.1) is 19.3 Å². The van der Waals surface area contributed by atoms with Crippen LogP contribution in [0.15, 0.2) is 18.2 Å². The van der Waals surface area contributed by atoms with Crippen LogP contribution in [0, 0.1) is 0 Å². The van der Waals surface area contributed by atoms with E-state index in [1.807, 2.05) is 6.92 Å². The molecule has 2 aliphatic heterocycles. The van der Waals surface area contributed by atoms with Gasteiger partial charge < -0.3 is 15.0 Å². The van der Waals surface area contributed by atoms with Crippen LogP contribution >= 0.6 is 0 Å². The normalized spacial score (nSPS) is 19.7. The highest BCUT2D eigenvalue weighted by atomic mass is 16.5. The molecule has 5 heteroatoms. The first-order valence-corrected chi connectivity index (χ1v) is 9.11. The van der Waals surface area contributed by atoms with E-state index < -0.39 is 0 Å². The number of rotatable bonds is 5. The van der Waals surface area contributed by atoms with E-state index in [-0.39, 0.29) is 11.9 Å². The van der Waals surface area contributed by atoms with Crippen LogP contribution in [0.3, 0.4) is 0 Å². The highest BCUT2D eigenvalue weighted by Gasteiger charge is 2.24. The summed E-state index contributed by atoms with van der Waals surface area (Å²) >= 11 is 0. The van der Waals surface area contributed by atoms with Crippen LogP contribution in [0.4, 0.5) is 5.69 Å². The SMILES string of the molecule is CCC(=O)NCC(c1ccc2c(c1)CCCN2C)N1CCOCC1. The zero-order valence-electron chi connectivity index (χ0n) is 14.9. The molecular formula is C19H29N3O2. The Kier molecular flexibility index (Phi) is 5.74. The molecule has 1 saturated heterocycles. The predicted molar refractivity (Wildman–Crippen MR) is 96.5 cm³/mol. The maximum absolute atomic E-state index is 11.7. The zero-order chi connectivity index (χ0) is 16.9. The Morgan fingerprint density at radius 1 is 1.29 bits per heavy atom. The molecule has 1 unspecified atom stereocenters. The van der Waals surface area contributed by atoms with Gasteiger partial charge in [-0.1, -0.05) is 19.1 Å². The number of aryl methyl sites for hydroxylation is 1. The third kappa shape index (κ3) is 3.90. The lowest BCUT2D eigenvalue weighted by Crippen LogP contribution is -2.43. The predicted octanol–water partition coefficient (Wildman–Crippen LogP) is 1.97. The summed E-state index contributed by atoms with van der Waals surface area (Å²) in [6, 6.07) is 7.06. The number of hydrogen-bond acceptors (Lipinski definition) is 4. The van der Waals surface area contributed by atoms with E-state index >= 15 is 0 Å². The van der Waals surface area contributed by atoms with Gasteiger partial charge in [0.15, 0.2) is 0 Å². The summed E-state index contributed by atoms with van der Waals surface area (Å²) in [5, 5.41) is 3.09. The molecule has 1 aromatic rings. The summed E-state index contributed by atoms with van der Waals surface area (Å²) in [6.07, 6.45) is 2.89. The summed E-state index contributed by atoms with van der Waals surface area (Å²) < 4.78 is 5.50. The molecular weight excluding hydrogens is 302 g/mol. The van der Waals surface area contributed by atoms with Gasteiger partial charge in [0.25, 0.3) is 0 Å². The van der Waals surface area contributed by atoms with Crippen molar-refractivity contribution in [1.82, 2.24) is 10.2 Å². The van der Waals surface area contributed by atoms with Crippen molar-refractivity contribution < 1.29 is 9.53 Å². The monoisotopic (exact) mass is 331 g/mol. The van der Waals surface area contributed by atoms with Gasteiger partial charge in [-0.2, -0.15) is 0 Å². The first kappa shape index (κ1) is 17.2. The van der Waals surface area contributed by atoms with E-state index in [4.69, 9.17) is 4.74 Å². The standard InChI is InChI=1S/C19H29N3O2/c1-3-19(23)20-14-18(22-9-11-24-12-10-22)16-6-7-17-15(13-16)5-4-8-21(17)2/h6-7,13,18H,3-5,8-12,14H2,1-2H3,(H,20,23). The van der Waals surface area contributed by atoms with Crippen molar-refractivity contribution in [3.63, 3.8) is 0 Å². The van der Waals surface area contributed by atoms with Gasteiger partial charge in [0.2, 0.25) is 5.91 Å².